The topological polar surface area (TPSA) is 92.1 Å². The maximum atomic E-state index is 6.33. The summed E-state index contributed by atoms with van der Waals surface area (Å²) >= 11 is 0. The van der Waals surface area contributed by atoms with Gasteiger partial charge in [0.05, 0.1) is 41.0 Å². The normalized spacial score (nSPS) is 15.6. The Labute approximate surface area is 188 Å². The van der Waals surface area contributed by atoms with Gasteiger partial charge in [-0.05, 0) is 30.2 Å². The highest BCUT2D eigenvalue weighted by molar-refractivity contribution is 5.99. The van der Waals surface area contributed by atoms with E-state index in [0.717, 1.165) is 65.3 Å². The lowest BCUT2D eigenvalue weighted by Gasteiger charge is -2.28. The van der Waals surface area contributed by atoms with Gasteiger partial charge in [0, 0.05) is 42.9 Å². The van der Waals surface area contributed by atoms with Gasteiger partial charge in [-0.3, -0.25) is 4.98 Å². The van der Waals surface area contributed by atoms with Crippen LogP contribution in [-0.4, -0.2) is 53.8 Å². The molecule has 1 fully saturated rings. The van der Waals surface area contributed by atoms with Crippen LogP contribution in [0, 0.1) is 5.92 Å². The molecule has 0 unspecified atom stereocenters. The van der Waals surface area contributed by atoms with Crippen molar-refractivity contribution in [3.8, 4) is 11.4 Å². The summed E-state index contributed by atoms with van der Waals surface area (Å²) in [5.74, 6) is 1.20. The number of H-pyrrole nitrogens is 1. The van der Waals surface area contributed by atoms with Crippen molar-refractivity contribution >= 4 is 33.3 Å². The van der Waals surface area contributed by atoms with Crippen LogP contribution in [0.2, 0.25) is 0 Å². The number of hydrogen-bond donors (Lipinski definition) is 3. The lowest BCUT2D eigenvalue weighted by Crippen LogP contribution is -2.36. The van der Waals surface area contributed by atoms with E-state index in [1.54, 1.807) is 0 Å². The first-order valence-electron chi connectivity index (χ1n) is 11.3. The van der Waals surface area contributed by atoms with Gasteiger partial charge >= 0.3 is 0 Å². The number of imidazole rings is 1. The van der Waals surface area contributed by atoms with Crippen LogP contribution in [0.4, 0.5) is 11.4 Å². The average molecular weight is 431 g/mol. The molecule has 4 N–H and O–H groups in total. The molecule has 2 aromatic heterocycles. The zero-order valence-corrected chi connectivity index (χ0v) is 18.6. The lowest BCUT2D eigenvalue weighted by atomic mass is 10.0. The minimum atomic E-state index is 0.0570. The number of fused-ring (bicyclic) bond motifs is 2. The minimum absolute atomic E-state index is 0.0570. The molecule has 2 aromatic carbocycles. The van der Waals surface area contributed by atoms with Crippen LogP contribution in [-0.2, 0) is 4.74 Å². The molecule has 7 nitrogen and oxygen atoms in total. The molecule has 0 aliphatic carbocycles. The van der Waals surface area contributed by atoms with E-state index < -0.39 is 0 Å². The maximum Gasteiger partial charge on any atom is 0.142 e. The van der Waals surface area contributed by atoms with Gasteiger partial charge in [-0.1, -0.05) is 32.0 Å². The molecule has 7 heteroatoms. The summed E-state index contributed by atoms with van der Waals surface area (Å²) in [6, 6.07) is 14.6. The first-order valence-corrected chi connectivity index (χ1v) is 11.3. The van der Waals surface area contributed by atoms with Crippen molar-refractivity contribution in [1.29, 1.82) is 0 Å². The Morgan fingerprint density at radius 2 is 1.94 bits per heavy atom. The van der Waals surface area contributed by atoms with Crippen LogP contribution in [0.15, 0.2) is 48.7 Å². The third kappa shape index (κ3) is 4.01. The Kier molecular flexibility index (Phi) is 5.68. The first kappa shape index (κ1) is 20.7. The molecule has 1 atom stereocenters. The number of pyridine rings is 1. The van der Waals surface area contributed by atoms with Gasteiger partial charge < -0.3 is 25.7 Å². The maximum absolute atomic E-state index is 6.33. The van der Waals surface area contributed by atoms with Crippen molar-refractivity contribution in [3.05, 3.63) is 48.7 Å². The van der Waals surface area contributed by atoms with Crippen LogP contribution in [0.1, 0.15) is 13.8 Å². The average Bonchev–Trinajstić information content (AvgIpc) is 3.26. The van der Waals surface area contributed by atoms with Gasteiger partial charge in [0.2, 0.25) is 0 Å². The minimum Gasteiger partial charge on any atom is -0.382 e. The second kappa shape index (κ2) is 8.76. The standard InChI is InChI=1S/C25H30N6O/c1-16(2)20(26)15-28-24-18-5-3-4-6-21(18)27-14-19(24)25-29-22-8-7-17(13-23(22)30-25)31-9-11-32-12-10-31/h3-8,13-14,16,20H,9-12,15,26H2,1-2H3,(H,27,28)(H,29,30)/t20-/m1/s1. The Balaban J connectivity index is 1.55. The zero-order chi connectivity index (χ0) is 22.1. The van der Waals surface area contributed by atoms with E-state index in [9.17, 15) is 0 Å². The van der Waals surface area contributed by atoms with E-state index in [2.05, 4.69) is 58.3 Å². The molecule has 0 saturated carbocycles. The van der Waals surface area contributed by atoms with Crippen molar-refractivity contribution in [2.45, 2.75) is 19.9 Å². The van der Waals surface area contributed by atoms with Crippen LogP contribution in [0.3, 0.4) is 0 Å². The molecule has 1 aliphatic rings. The fraction of sp³-hybridized carbons (Fsp3) is 0.360. The number of benzene rings is 2. The number of ether oxygens (including phenoxy) is 1. The van der Waals surface area contributed by atoms with Crippen LogP contribution in [0.25, 0.3) is 33.3 Å². The molecule has 1 aliphatic heterocycles. The third-order valence-electron chi connectivity index (χ3n) is 6.24. The van der Waals surface area contributed by atoms with E-state index in [1.807, 2.05) is 24.4 Å². The van der Waals surface area contributed by atoms with Crippen molar-refractivity contribution < 1.29 is 4.74 Å². The summed E-state index contributed by atoms with van der Waals surface area (Å²) in [7, 11) is 0. The predicted molar refractivity (Wildman–Crippen MR) is 131 cm³/mol. The highest BCUT2D eigenvalue weighted by Crippen LogP contribution is 2.34. The summed E-state index contributed by atoms with van der Waals surface area (Å²) in [6.45, 7) is 8.31. The quantitative estimate of drug-likeness (QED) is 0.428. The first-order chi connectivity index (χ1) is 15.6. The fourth-order valence-electron chi connectivity index (χ4n) is 4.11. The molecule has 3 heterocycles. The van der Waals surface area contributed by atoms with E-state index >= 15 is 0 Å². The predicted octanol–water partition coefficient (Wildman–Crippen LogP) is 4.01. The van der Waals surface area contributed by atoms with Gasteiger partial charge in [-0.15, -0.1) is 0 Å². The highest BCUT2D eigenvalue weighted by atomic mass is 16.5. The molecule has 4 aromatic rings. The fourth-order valence-corrected chi connectivity index (χ4v) is 4.11. The Bertz CT molecular complexity index is 1230. The number of nitrogens with two attached hydrogens (primary N) is 1. The van der Waals surface area contributed by atoms with Gasteiger partial charge in [0.1, 0.15) is 5.82 Å². The second-order valence-corrected chi connectivity index (χ2v) is 8.74. The van der Waals surface area contributed by atoms with Crippen molar-refractivity contribution in [2.75, 3.05) is 43.1 Å². The van der Waals surface area contributed by atoms with E-state index in [1.165, 1.54) is 5.69 Å². The molecule has 0 radical (unpaired) electrons. The summed E-state index contributed by atoms with van der Waals surface area (Å²) in [6.07, 6.45) is 1.90. The number of rotatable bonds is 6. The summed E-state index contributed by atoms with van der Waals surface area (Å²) in [4.78, 5) is 15.5. The van der Waals surface area contributed by atoms with Gasteiger partial charge in [-0.25, -0.2) is 4.98 Å². The second-order valence-electron chi connectivity index (χ2n) is 8.74. The lowest BCUT2D eigenvalue weighted by molar-refractivity contribution is 0.122. The molecule has 5 rings (SSSR count). The van der Waals surface area contributed by atoms with Crippen molar-refractivity contribution in [1.82, 2.24) is 15.0 Å². The van der Waals surface area contributed by atoms with Gasteiger partial charge in [-0.2, -0.15) is 0 Å². The van der Waals surface area contributed by atoms with E-state index in [0.29, 0.717) is 12.5 Å². The Morgan fingerprint density at radius 1 is 1.12 bits per heavy atom. The Morgan fingerprint density at radius 3 is 2.75 bits per heavy atom. The number of hydrogen-bond acceptors (Lipinski definition) is 6. The molecular weight excluding hydrogens is 400 g/mol. The van der Waals surface area contributed by atoms with E-state index in [-0.39, 0.29) is 6.04 Å². The smallest absolute Gasteiger partial charge is 0.142 e. The van der Waals surface area contributed by atoms with Gasteiger partial charge in [0.25, 0.3) is 0 Å². The number of aromatic amines is 1. The number of nitrogens with one attached hydrogen (secondary N) is 2. The van der Waals surface area contributed by atoms with Gasteiger partial charge in [0.15, 0.2) is 0 Å². The molecule has 1 saturated heterocycles. The summed E-state index contributed by atoms with van der Waals surface area (Å²) in [5.41, 5.74) is 12.4. The largest absolute Gasteiger partial charge is 0.382 e. The monoisotopic (exact) mass is 430 g/mol. The number of nitrogens with zero attached hydrogens (tertiary/aromatic N) is 3. The van der Waals surface area contributed by atoms with E-state index in [4.69, 9.17) is 15.5 Å². The zero-order valence-electron chi connectivity index (χ0n) is 18.6. The number of aromatic nitrogens is 3. The number of para-hydroxylation sites is 1. The highest BCUT2D eigenvalue weighted by Gasteiger charge is 2.17. The van der Waals surface area contributed by atoms with Crippen LogP contribution < -0.4 is 16.0 Å². The van der Waals surface area contributed by atoms with Crippen LogP contribution in [0.5, 0.6) is 0 Å². The Hall–Kier alpha value is -3.16. The van der Waals surface area contributed by atoms with Crippen molar-refractivity contribution in [2.24, 2.45) is 11.7 Å². The van der Waals surface area contributed by atoms with Crippen molar-refractivity contribution in [3.63, 3.8) is 0 Å². The molecular formula is C25H30N6O. The number of morpholine rings is 1. The number of anilines is 2. The molecule has 32 heavy (non-hydrogen) atoms. The molecule has 166 valence electrons. The molecule has 0 bridgehead atoms. The van der Waals surface area contributed by atoms with Crippen LogP contribution >= 0.6 is 0 Å². The summed E-state index contributed by atoms with van der Waals surface area (Å²) < 4.78 is 5.49. The SMILES string of the molecule is CC(C)[C@H](N)CNc1c(-c2nc3ccc(N4CCOCC4)cc3[nH]2)cnc2ccccc12. The summed E-state index contributed by atoms with van der Waals surface area (Å²) in [5, 5.41) is 4.66. The molecule has 0 spiro atoms. The third-order valence-corrected chi connectivity index (χ3v) is 6.24. The molecule has 0 amide bonds.